The Morgan fingerprint density at radius 3 is 1.07 bits per heavy atom. The van der Waals surface area contributed by atoms with Gasteiger partial charge < -0.3 is 32.5 Å². The van der Waals surface area contributed by atoms with Gasteiger partial charge in [0.2, 0.25) is 0 Å². The second-order valence-electron chi connectivity index (χ2n) is 11.5. The fourth-order valence-corrected chi connectivity index (χ4v) is 13.2. The summed E-state index contributed by atoms with van der Waals surface area (Å²) in [5.74, 6) is 0. The molecule has 0 amide bonds. The minimum Gasteiger partial charge on any atom is -0.385 e. The number of anilines is 2. The molecule has 0 fully saturated rings. The predicted molar refractivity (Wildman–Crippen MR) is 194 cm³/mol. The maximum Gasteiger partial charge on any atom is 0.493 e. The van der Waals surface area contributed by atoms with Crippen molar-refractivity contribution in [3.05, 3.63) is 60.7 Å². The Labute approximate surface area is 277 Å². The van der Waals surface area contributed by atoms with Gasteiger partial charge >= 0.3 is 17.6 Å². The van der Waals surface area contributed by atoms with Crippen molar-refractivity contribution in [2.45, 2.75) is 117 Å². The molecule has 0 spiro atoms. The van der Waals surface area contributed by atoms with Crippen LogP contribution in [0, 0.1) is 0 Å². The van der Waals surface area contributed by atoms with Crippen LogP contribution in [0.25, 0.3) is 0 Å². The molecule has 2 N–H and O–H groups in total. The lowest BCUT2D eigenvalue weighted by molar-refractivity contribution is 0.0487. The van der Waals surface area contributed by atoms with Crippen LogP contribution in [-0.2, 0) is 21.8 Å². The zero-order valence-corrected chi connectivity index (χ0v) is 31.0. The first kappa shape index (κ1) is 39.5. The maximum absolute atomic E-state index is 6.96. The first-order valence-corrected chi connectivity index (χ1v) is 21.8. The highest BCUT2D eigenvalue weighted by Gasteiger charge is 2.52. The third-order valence-electron chi connectivity index (χ3n) is 7.79. The third kappa shape index (κ3) is 17.7. The number of hydrogen-bond acceptors (Lipinski definition) is 7. The Balaban J connectivity index is 1.76. The minimum absolute atomic E-state index is 0.572. The van der Waals surface area contributed by atoms with Crippen LogP contribution in [0.2, 0.25) is 12.1 Å². The van der Waals surface area contributed by atoms with E-state index in [0.29, 0.717) is 26.4 Å². The second-order valence-corrected chi connectivity index (χ2v) is 17.2. The van der Waals surface area contributed by atoms with Gasteiger partial charge in [-0.25, -0.2) is 0 Å². The quantitative estimate of drug-likeness (QED) is 0.0638. The Bertz CT molecular complexity index is 854. The first-order valence-electron chi connectivity index (χ1n) is 17.9. The van der Waals surface area contributed by atoms with Gasteiger partial charge in [0.25, 0.3) is 0 Å². The van der Waals surface area contributed by atoms with E-state index < -0.39 is 17.6 Å². The molecule has 0 saturated heterocycles. The predicted octanol–water partition coefficient (Wildman–Crippen LogP) is 9.93. The van der Waals surface area contributed by atoms with Gasteiger partial charge in [0.1, 0.15) is 0 Å². The summed E-state index contributed by atoms with van der Waals surface area (Å²) < 4.78 is 32.5. The van der Waals surface area contributed by atoms with Gasteiger partial charge in [-0.05, 0) is 77.6 Å². The summed E-state index contributed by atoms with van der Waals surface area (Å²) in [5, 5.41) is 7.01. The first-order chi connectivity index (χ1) is 22.1. The average molecular weight is 661 g/mol. The van der Waals surface area contributed by atoms with Crippen molar-refractivity contribution in [1.82, 2.24) is 0 Å². The standard InChI is InChI=1S/C36H64N2O5Si2/c1-5-39-44(40-6-2,33-25-15-11-9-13-23-31-37-35-27-19-17-20-28-35)43-45(41-7-3,42-8-4)34-26-16-12-10-14-24-32-38-36-29-21-18-22-30-36/h17-22,27-30,37-38H,5-16,23-26,31-34H2,1-4H3. The number of benzene rings is 2. The SMILES string of the molecule is CCO[Si](CCCCCCCCNc1ccccc1)(OCC)O[Si](CCCCCCCCNc1ccccc1)(OCC)OCC. The summed E-state index contributed by atoms with van der Waals surface area (Å²) >= 11 is 0. The number of unbranched alkanes of at least 4 members (excludes halogenated alkanes) is 10. The Morgan fingerprint density at radius 2 is 0.733 bits per heavy atom. The molecule has 0 aliphatic rings. The van der Waals surface area contributed by atoms with Crippen LogP contribution >= 0.6 is 0 Å². The highest BCUT2D eigenvalue weighted by Crippen LogP contribution is 2.30. The normalized spacial score (nSPS) is 12.0. The molecule has 45 heavy (non-hydrogen) atoms. The van der Waals surface area contributed by atoms with E-state index >= 15 is 0 Å². The molecular weight excluding hydrogens is 597 g/mol. The molecule has 2 aromatic rings. The largest absolute Gasteiger partial charge is 0.493 e. The lowest BCUT2D eigenvalue weighted by Gasteiger charge is -2.38. The number of para-hydroxylation sites is 2. The van der Waals surface area contributed by atoms with Crippen molar-refractivity contribution >= 4 is 29.0 Å². The minimum atomic E-state index is -2.95. The molecular formula is C36H64N2O5Si2. The molecule has 9 heteroatoms. The number of nitrogens with one attached hydrogen (secondary N) is 2. The monoisotopic (exact) mass is 660 g/mol. The zero-order chi connectivity index (χ0) is 32.3. The number of hydrogen-bond donors (Lipinski definition) is 2. The molecule has 0 unspecified atom stereocenters. The van der Waals surface area contributed by atoms with Gasteiger partial charge in [-0.3, -0.25) is 0 Å². The highest BCUT2D eigenvalue weighted by molar-refractivity contribution is 6.75. The topological polar surface area (TPSA) is 70.2 Å². The third-order valence-corrected chi connectivity index (χ3v) is 15.1. The fraction of sp³-hybridized carbons (Fsp3) is 0.667. The van der Waals surface area contributed by atoms with Crippen molar-refractivity contribution in [3.8, 4) is 0 Å². The smallest absolute Gasteiger partial charge is 0.385 e. The van der Waals surface area contributed by atoms with Gasteiger partial charge in [-0.2, -0.15) is 0 Å². The summed E-state index contributed by atoms with van der Waals surface area (Å²) in [6, 6.07) is 22.5. The Kier molecular flexibility index (Phi) is 22.2. The fourth-order valence-electron chi connectivity index (χ4n) is 5.63. The molecule has 0 heterocycles. The van der Waals surface area contributed by atoms with Crippen LogP contribution in [-0.4, -0.2) is 57.1 Å². The molecule has 0 aliphatic carbocycles. The molecule has 2 aromatic carbocycles. The van der Waals surface area contributed by atoms with Crippen LogP contribution in [0.4, 0.5) is 11.4 Å². The summed E-state index contributed by atoms with van der Waals surface area (Å²) in [6.45, 7) is 12.5. The van der Waals surface area contributed by atoms with E-state index in [4.69, 9.17) is 21.8 Å². The highest BCUT2D eigenvalue weighted by atomic mass is 28.5. The molecule has 2 rings (SSSR count). The van der Waals surface area contributed by atoms with E-state index in [1.165, 1.54) is 62.7 Å². The lowest BCUT2D eigenvalue weighted by Crippen LogP contribution is -2.59. The van der Waals surface area contributed by atoms with Crippen LogP contribution in [0.1, 0.15) is 105 Å². The molecule has 7 nitrogen and oxygen atoms in total. The van der Waals surface area contributed by atoms with Gasteiger partial charge in [-0.15, -0.1) is 0 Å². The van der Waals surface area contributed by atoms with E-state index in [2.05, 4.69) is 71.3 Å². The number of rotatable bonds is 30. The molecule has 0 aromatic heterocycles. The summed E-state index contributed by atoms with van der Waals surface area (Å²) in [4.78, 5) is 0. The van der Waals surface area contributed by atoms with Crippen LogP contribution in [0.3, 0.4) is 0 Å². The van der Waals surface area contributed by atoms with Crippen LogP contribution < -0.4 is 10.6 Å². The van der Waals surface area contributed by atoms with Crippen molar-refractivity contribution in [3.63, 3.8) is 0 Å². The molecule has 0 radical (unpaired) electrons. The van der Waals surface area contributed by atoms with Crippen molar-refractivity contribution in [2.24, 2.45) is 0 Å². The summed E-state index contributed by atoms with van der Waals surface area (Å²) in [5.41, 5.74) is 2.40. The van der Waals surface area contributed by atoms with E-state index in [1.807, 2.05) is 27.7 Å². The average Bonchev–Trinajstić information content (AvgIpc) is 3.05. The molecule has 0 aliphatic heterocycles. The van der Waals surface area contributed by atoms with Gasteiger partial charge in [-0.1, -0.05) is 87.8 Å². The maximum atomic E-state index is 6.96. The van der Waals surface area contributed by atoms with Crippen molar-refractivity contribution in [2.75, 3.05) is 50.2 Å². The molecule has 256 valence electrons. The van der Waals surface area contributed by atoms with E-state index in [9.17, 15) is 0 Å². The van der Waals surface area contributed by atoms with Crippen molar-refractivity contribution in [1.29, 1.82) is 0 Å². The van der Waals surface area contributed by atoms with Crippen LogP contribution in [0.15, 0.2) is 60.7 Å². The second kappa shape index (κ2) is 25.4. The van der Waals surface area contributed by atoms with Gasteiger partial charge in [0, 0.05) is 63.0 Å². The Hall–Kier alpha value is -1.73. The van der Waals surface area contributed by atoms with Gasteiger partial charge in [0.15, 0.2) is 0 Å². The molecule has 0 atom stereocenters. The van der Waals surface area contributed by atoms with E-state index in [-0.39, 0.29) is 0 Å². The lowest BCUT2D eigenvalue weighted by atomic mass is 10.1. The summed E-state index contributed by atoms with van der Waals surface area (Å²) in [6.07, 6.45) is 14.2. The summed E-state index contributed by atoms with van der Waals surface area (Å²) in [7, 11) is -5.90. The van der Waals surface area contributed by atoms with Crippen molar-refractivity contribution < 1.29 is 21.8 Å². The van der Waals surface area contributed by atoms with Gasteiger partial charge in [0.05, 0.1) is 0 Å². The molecule has 0 bridgehead atoms. The van der Waals surface area contributed by atoms with E-state index in [0.717, 1.165) is 50.9 Å². The van der Waals surface area contributed by atoms with E-state index in [1.54, 1.807) is 0 Å². The Morgan fingerprint density at radius 1 is 0.422 bits per heavy atom. The zero-order valence-electron chi connectivity index (χ0n) is 29.0. The van der Waals surface area contributed by atoms with Crippen LogP contribution in [0.5, 0.6) is 0 Å². The molecule has 0 saturated carbocycles.